The Bertz CT molecular complexity index is 1060. The maximum absolute atomic E-state index is 11.4. The summed E-state index contributed by atoms with van der Waals surface area (Å²) in [5.41, 5.74) is 4.86. The number of nitrogens with zero attached hydrogens (tertiary/aromatic N) is 3. The molecular formula is C20H19N5O. The quantitative estimate of drug-likeness (QED) is 0.555. The third-order valence-electron chi connectivity index (χ3n) is 5.26. The van der Waals surface area contributed by atoms with Crippen molar-refractivity contribution in [3.63, 3.8) is 0 Å². The van der Waals surface area contributed by atoms with Crippen LogP contribution in [0.2, 0.25) is 0 Å². The zero-order chi connectivity index (χ0) is 17.5. The molecule has 2 N–H and O–H groups in total. The summed E-state index contributed by atoms with van der Waals surface area (Å²) in [5.74, 6) is 0.755. The van der Waals surface area contributed by atoms with E-state index < -0.39 is 0 Å². The molecular weight excluding hydrogens is 326 g/mol. The number of H-pyrrole nitrogens is 2. The minimum Gasteiger partial charge on any atom is -0.338 e. The van der Waals surface area contributed by atoms with Gasteiger partial charge in [0.2, 0.25) is 6.41 Å². The highest BCUT2D eigenvalue weighted by atomic mass is 16.1. The van der Waals surface area contributed by atoms with Crippen molar-refractivity contribution in [3.8, 4) is 11.5 Å². The molecule has 0 bridgehead atoms. The highest BCUT2D eigenvalue weighted by Gasteiger charge is 2.23. The Morgan fingerprint density at radius 2 is 2.04 bits per heavy atom. The Hall–Kier alpha value is -3.15. The van der Waals surface area contributed by atoms with E-state index in [1.54, 1.807) is 0 Å². The minimum absolute atomic E-state index is 0.143. The van der Waals surface area contributed by atoms with Gasteiger partial charge < -0.3 is 9.88 Å². The first-order valence-corrected chi connectivity index (χ1v) is 8.98. The smallest absolute Gasteiger partial charge is 0.210 e. The van der Waals surface area contributed by atoms with Gasteiger partial charge in [-0.2, -0.15) is 5.10 Å². The van der Waals surface area contributed by atoms with Gasteiger partial charge in [0, 0.05) is 11.9 Å². The fourth-order valence-electron chi connectivity index (χ4n) is 3.92. The molecule has 0 aliphatic carbocycles. The lowest BCUT2D eigenvalue weighted by molar-refractivity contribution is -0.121. The second kappa shape index (κ2) is 5.98. The highest BCUT2D eigenvalue weighted by Crippen LogP contribution is 2.33. The molecule has 1 saturated heterocycles. The van der Waals surface area contributed by atoms with Crippen LogP contribution in [0.1, 0.15) is 30.9 Å². The number of aromatic amines is 2. The SMILES string of the molecule is O=CN1CCCCC1c1ccc2[nH]nc(-c3nc4ccccc4[nH]3)c2c1. The lowest BCUT2D eigenvalue weighted by atomic mass is 9.94. The molecule has 0 spiro atoms. The standard InChI is InChI=1S/C20H19N5O/c26-12-25-10-4-3-7-18(25)13-8-9-15-14(11-13)19(24-23-15)20-21-16-5-1-2-6-17(16)22-20/h1-2,5-6,8-9,11-12,18H,3-4,7,10H2,(H,21,22)(H,23,24). The van der Waals surface area contributed by atoms with Crippen molar-refractivity contribution >= 4 is 28.3 Å². The van der Waals surface area contributed by atoms with E-state index >= 15 is 0 Å². The molecule has 5 rings (SSSR count). The molecule has 1 fully saturated rings. The van der Waals surface area contributed by atoms with E-state index in [0.717, 1.165) is 71.2 Å². The van der Waals surface area contributed by atoms with Gasteiger partial charge in [0.05, 0.1) is 22.6 Å². The molecule has 26 heavy (non-hydrogen) atoms. The maximum atomic E-state index is 11.4. The second-order valence-electron chi connectivity index (χ2n) is 6.83. The van der Waals surface area contributed by atoms with Crippen LogP contribution in [0.3, 0.4) is 0 Å². The lowest BCUT2D eigenvalue weighted by Crippen LogP contribution is -2.32. The van der Waals surface area contributed by atoms with Crippen LogP contribution >= 0.6 is 0 Å². The molecule has 2 aromatic carbocycles. The Labute approximate surface area is 150 Å². The van der Waals surface area contributed by atoms with Crippen LogP contribution < -0.4 is 0 Å². The van der Waals surface area contributed by atoms with Crippen molar-refractivity contribution in [1.82, 2.24) is 25.1 Å². The summed E-state index contributed by atoms with van der Waals surface area (Å²) in [5, 5.41) is 8.60. The van der Waals surface area contributed by atoms with Gasteiger partial charge in [0.25, 0.3) is 0 Å². The molecule has 1 unspecified atom stereocenters. The van der Waals surface area contributed by atoms with Gasteiger partial charge in [-0.1, -0.05) is 18.2 Å². The first-order chi connectivity index (χ1) is 12.8. The average molecular weight is 345 g/mol. The van der Waals surface area contributed by atoms with Crippen LogP contribution in [0, 0.1) is 0 Å². The molecule has 6 heteroatoms. The number of hydrogen-bond acceptors (Lipinski definition) is 3. The first kappa shape index (κ1) is 15.1. The molecule has 3 heterocycles. The minimum atomic E-state index is 0.143. The van der Waals surface area contributed by atoms with Crippen LogP contribution in [-0.4, -0.2) is 38.0 Å². The number of carbonyl (C=O) groups excluding carboxylic acids is 1. The number of rotatable bonds is 3. The summed E-state index contributed by atoms with van der Waals surface area (Å²) >= 11 is 0. The van der Waals surface area contributed by atoms with Crippen molar-refractivity contribution in [3.05, 3.63) is 48.0 Å². The number of hydrogen-bond donors (Lipinski definition) is 2. The Balaban J connectivity index is 1.62. The number of imidazole rings is 1. The van der Waals surface area contributed by atoms with E-state index in [-0.39, 0.29) is 6.04 Å². The van der Waals surface area contributed by atoms with Gasteiger partial charge in [-0.15, -0.1) is 0 Å². The third-order valence-corrected chi connectivity index (χ3v) is 5.26. The predicted octanol–water partition coefficient (Wildman–Crippen LogP) is 3.79. The fourth-order valence-corrected chi connectivity index (χ4v) is 3.92. The topological polar surface area (TPSA) is 77.7 Å². The van der Waals surface area contributed by atoms with E-state index in [9.17, 15) is 4.79 Å². The predicted molar refractivity (Wildman–Crippen MR) is 101 cm³/mol. The molecule has 1 amide bonds. The zero-order valence-corrected chi connectivity index (χ0v) is 14.3. The second-order valence-corrected chi connectivity index (χ2v) is 6.83. The van der Waals surface area contributed by atoms with E-state index in [1.165, 1.54) is 0 Å². The fraction of sp³-hybridized carbons (Fsp3) is 0.250. The van der Waals surface area contributed by atoms with Crippen molar-refractivity contribution in [1.29, 1.82) is 0 Å². The number of aromatic nitrogens is 4. The van der Waals surface area contributed by atoms with Crippen LogP contribution in [0.15, 0.2) is 42.5 Å². The summed E-state index contributed by atoms with van der Waals surface area (Å²) in [6.07, 6.45) is 4.20. The van der Waals surface area contributed by atoms with Crippen molar-refractivity contribution in [2.75, 3.05) is 6.54 Å². The lowest BCUT2D eigenvalue weighted by Gasteiger charge is -2.33. The Kier molecular flexibility index (Phi) is 3.48. The van der Waals surface area contributed by atoms with E-state index in [1.807, 2.05) is 35.2 Å². The van der Waals surface area contributed by atoms with Crippen molar-refractivity contribution in [2.45, 2.75) is 25.3 Å². The Morgan fingerprint density at radius 1 is 1.12 bits per heavy atom. The molecule has 4 aromatic rings. The zero-order valence-electron chi connectivity index (χ0n) is 14.3. The number of likely N-dealkylation sites (tertiary alicyclic amines) is 1. The molecule has 2 aromatic heterocycles. The van der Waals surface area contributed by atoms with Crippen molar-refractivity contribution in [2.24, 2.45) is 0 Å². The number of piperidine rings is 1. The molecule has 1 aliphatic rings. The third kappa shape index (κ3) is 2.37. The van der Waals surface area contributed by atoms with Crippen molar-refractivity contribution < 1.29 is 4.79 Å². The number of benzene rings is 2. The number of amides is 1. The number of carbonyl (C=O) groups is 1. The summed E-state index contributed by atoms with van der Waals surface area (Å²) < 4.78 is 0. The molecule has 0 saturated carbocycles. The van der Waals surface area contributed by atoms with E-state index in [4.69, 9.17) is 0 Å². The average Bonchev–Trinajstić information content (AvgIpc) is 3.31. The molecule has 1 aliphatic heterocycles. The summed E-state index contributed by atoms with van der Waals surface area (Å²) in [4.78, 5) is 21.4. The molecule has 6 nitrogen and oxygen atoms in total. The normalized spacial score (nSPS) is 17.8. The molecule has 0 radical (unpaired) electrons. The van der Waals surface area contributed by atoms with Crippen LogP contribution in [0.25, 0.3) is 33.5 Å². The van der Waals surface area contributed by atoms with E-state index in [0.29, 0.717) is 0 Å². The monoisotopic (exact) mass is 345 g/mol. The Morgan fingerprint density at radius 3 is 2.92 bits per heavy atom. The van der Waals surface area contributed by atoms with Crippen LogP contribution in [0.5, 0.6) is 0 Å². The van der Waals surface area contributed by atoms with Gasteiger partial charge >= 0.3 is 0 Å². The van der Waals surface area contributed by atoms with Crippen LogP contribution in [-0.2, 0) is 4.79 Å². The summed E-state index contributed by atoms with van der Waals surface area (Å²) in [7, 11) is 0. The van der Waals surface area contributed by atoms with Crippen LogP contribution in [0.4, 0.5) is 0 Å². The maximum Gasteiger partial charge on any atom is 0.210 e. The number of para-hydroxylation sites is 2. The van der Waals surface area contributed by atoms with E-state index in [2.05, 4.69) is 32.3 Å². The van der Waals surface area contributed by atoms with Gasteiger partial charge in [0.15, 0.2) is 5.82 Å². The largest absolute Gasteiger partial charge is 0.338 e. The van der Waals surface area contributed by atoms with Gasteiger partial charge in [-0.05, 0) is 49.1 Å². The number of nitrogens with one attached hydrogen (secondary N) is 2. The van der Waals surface area contributed by atoms with Gasteiger partial charge in [0.1, 0.15) is 5.69 Å². The van der Waals surface area contributed by atoms with Gasteiger partial charge in [-0.3, -0.25) is 9.89 Å². The van der Waals surface area contributed by atoms with Gasteiger partial charge in [-0.25, -0.2) is 4.98 Å². The summed E-state index contributed by atoms with van der Waals surface area (Å²) in [6, 6.07) is 14.4. The first-order valence-electron chi connectivity index (χ1n) is 8.98. The highest BCUT2D eigenvalue weighted by molar-refractivity contribution is 5.93. The number of fused-ring (bicyclic) bond motifs is 2. The molecule has 130 valence electrons. The summed E-state index contributed by atoms with van der Waals surface area (Å²) in [6.45, 7) is 0.827. The molecule has 1 atom stereocenters.